The van der Waals surface area contributed by atoms with Crippen LogP contribution in [0.3, 0.4) is 0 Å². The molecule has 1 aromatic rings. The minimum atomic E-state index is 0.771. The van der Waals surface area contributed by atoms with Crippen molar-refractivity contribution in [3.05, 3.63) is 21.9 Å². The summed E-state index contributed by atoms with van der Waals surface area (Å²) in [6.45, 7) is 9.69. The lowest BCUT2D eigenvalue weighted by Crippen LogP contribution is -2.32. The van der Waals surface area contributed by atoms with Crippen molar-refractivity contribution in [3.63, 3.8) is 0 Å². The molecule has 0 saturated carbocycles. The third kappa shape index (κ3) is 5.31. The summed E-state index contributed by atoms with van der Waals surface area (Å²) in [5, 5.41) is 14.0. The van der Waals surface area contributed by atoms with E-state index in [1.807, 2.05) is 11.4 Å². The van der Waals surface area contributed by atoms with E-state index in [4.69, 9.17) is 5.26 Å². The van der Waals surface area contributed by atoms with Crippen LogP contribution < -0.4 is 5.32 Å². The smallest absolute Gasteiger partial charge is 0.100 e. The molecule has 17 heavy (non-hydrogen) atoms. The number of rotatable bonds is 8. The molecule has 0 bridgehead atoms. The lowest BCUT2D eigenvalue weighted by Gasteiger charge is -2.19. The largest absolute Gasteiger partial charge is 0.311 e. The van der Waals surface area contributed by atoms with E-state index in [0.717, 1.165) is 31.7 Å². The van der Waals surface area contributed by atoms with Gasteiger partial charge in [-0.2, -0.15) is 5.26 Å². The quantitative estimate of drug-likeness (QED) is 0.721. The molecule has 4 heteroatoms. The molecule has 94 valence electrons. The SMILES string of the molecule is CCCN(CC)CCNCc1cc(C#N)cs1. The van der Waals surface area contributed by atoms with Gasteiger partial charge in [-0.3, -0.25) is 0 Å². The third-order valence-corrected chi connectivity index (χ3v) is 3.61. The first-order valence-corrected chi connectivity index (χ1v) is 7.08. The fourth-order valence-electron chi connectivity index (χ4n) is 1.72. The van der Waals surface area contributed by atoms with E-state index >= 15 is 0 Å². The van der Waals surface area contributed by atoms with E-state index < -0.39 is 0 Å². The van der Waals surface area contributed by atoms with E-state index in [1.165, 1.54) is 17.8 Å². The first kappa shape index (κ1) is 14.2. The van der Waals surface area contributed by atoms with Gasteiger partial charge in [0.15, 0.2) is 0 Å². The number of hydrogen-bond donors (Lipinski definition) is 1. The van der Waals surface area contributed by atoms with Crippen molar-refractivity contribution in [2.24, 2.45) is 0 Å². The van der Waals surface area contributed by atoms with Gasteiger partial charge in [-0.1, -0.05) is 13.8 Å². The van der Waals surface area contributed by atoms with Crippen LogP contribution in [0, 0.1) is 11.3 Å². The van der Waals surface area contributed by atoms with Crippen LogP contribution in [0.1, 0.15) is 30.7 Å². The molecule has 0 atom stereocenters. The molecule has 0 amide bonds. The van der Waals surface area contributed by atoms with Crippen molar-refractivity contribution in [1.82, 2.24) is 10.2 Å². The van der Waals surface area contributed by atoms with E-state index in [2.05, 4.69) is 30.1 Å². The van der Waals surface area contributed by atoms with Gasteiger partial charge in [-0.15, -0.1) is 11.3 Å². The second kappa shape index (κ2) is 8.24. The summed E-state index contributed by atoms with van der Waals surface area (Å²) < 4.78 is 0. The molecule has 0 saturated heterocycles. The molecule has 0 fully saturated rings. The van der Waals surface area contributed by atoms with Gasteiger partial charge in [0, 0.05) is 29.9 Å². The highest BCUT2D eigenvalue weighted by molar-refractivity contribution is 7.10. The molecular weight excluding hydrogens is 230 g/mol. The Morgan fingerprint density at radius 1 is 1.41 bits per heavy atom. The number of nitrogens with one attached hydrogen (secondary N) is 1. The predicted octanol–water partition coefficient (Wildman–Crippen LogP) is 2.44. The highest BCUT2D eigenvalue weighted by Gasteiger charge is 2.01. The summed E-state index contributed by atoms with van der Waals surface area (Å²) >= 11 is 1.65. The first-order chi connectivity index (χ1) is 8.30. The molecule has 3 nitrogen and oxygen atoms in total. The molecule has 0 spiro atoms. The molecule has 0 aromatic carbocycles. The van der Waals surface area contributed by atoms with E-state index in [0.29, 0.717) is 0 Å². The number of likely N-dealkylation sites (N-methyl/N-ethyl adjacent to an activating group) is 1. The fourth-order valence-corrected chi connectivity index (χ4v) is 2.50. The zero-order valence-electron chi connectivity index (χ0n) is 10.7. The van der Waals surface area contributed by atoms with Gasteiger partial charge >= 0.3 is 0 Å². The summed E-state index contributed by atoms with van der Waals surface area (Å²) in [6, 6.07) is 4.12. The predicted molar refractivity (Wildman–Crippen MR) is 73.1 cm³/mol. The summed E-state index contributed by atoms with van der Waals surface area (Å²) in [7, 11) is 0. The Morgan fingerprint density at radius 2 is 2.24 bits per heavy atom. The lowest BCUT2D eigenvalue weighted by atomic mass is 10.3. The average molecular weight is 251 g/mol. The summed E-state index contributed by atoms with van der Waals surface area (Å²) in [5.74, 6) is 0. The Balaban J connectivity index is 2.17. The number of thiophene rings is 1. The molecule has 1 heterocycles. The van der Waals surface area contributed by atoms with E-state index in [9.17, 15) is 0 Å². The molecule has 1 N–H and O–H groups in total. The number of nitrogens with zero attached hydrogens (tertiary/aromatic N) is 2. The zero-order valence-corrected chi connectivity index (χ0v) is 11.5. The Kier molecular flexibility index (Phi) is 6.87. The third-order valence-electron chi connectivity index (χ3n) is 2.67. The average Bonchev–Trinajstić information content (AvgIpc) is 2.81. The van der Waals surface area contributed by atoms with E-state index in [1.54, 1.807) is 11.3 Å². The van der Waals surface area contributed by atoms with Crippen molar-refractivity contribution in [2.75, 3.05) is 26.2 Å². The minimum absolute atomic E-state index is 0.771. The Hall–Kier alpha value is -0.890. The van der Waals surface area contributed by atoms with Crippen molar-refractivity contribution in [2.45, 2.75) is 26.8 Å². The summed E-state index contributed by atoms with van der Waals surface area (Å²) in [5.41, 5.74) is 0.771. The van der Waals surface area contributed by atoms with Gasteiger partial charge in [-0.05, 0) is 25.6 Å². The van der Waals surface area contributed by atoms with Crippen LogP contribution in [0.5, 0.6) is 0 Å². The van der Waals surface area contributed by atoms with Gasteiger partial charge in [0.25, 0.3) is 0 Å². The summed E-state index contributed by atoms with van der Waals surface area (Å²) in [6.07, 6.45) is 1.21. The maximum atomic E-state index is 8.72. The highest BCUT2D eigenvalue weighted by atomic mass is 32.1. The molecule has 0 radical (unpaired) electrons. The monoisotopic (exact) mass is 251 g/mol. The zero-order chi connectivity index (χ0) is 12.5. The molecule has 0 aliphatic heterocycles. The second-order valence-corrected chi connectivity index (χ2v) is 5.02. The van der Waals surface area contributed by atoms with Gasteiger partial charge in [0.1, 0.15) is 6.07 Å². The normalized spacial score (nSPS) is 10.7. The number of hydrogen-bond acceptors (Lipinski definition) is 4. The van der Waals surface area contributed by atoms with Crippen LogP contribution in [0.4, 0.5) is 0 Å². The van der Waals surface area contributed by atoms with Crippen LogP contribution in [0.25, 0.3) is 0 Å². The van der Waals surface area contributed by atoms with Crippen molar-refractivity contribution in [1.29, 1.82) is 5.26 Å². The van der Waals surface area contributed by atoms with Crippen LogP contribution >= 0.6 is 11.3 Å². The van der Waals surface area contributed by atoms with Crippen LogP contribution in [-0.4, -0.2) is 31.1 Å². The van der Waals surface area contributed by atoms with E-state index in [-0.39, 0.29) is 0 Å². The summed E-state index contributed by atoms with van der Waals surface area (Å²) in [4.78, 5) is 3.68. The minimum Gasteiger partial charge on any atom is -0.311 e. The highest BCUT2D eigenvalue weighted by Crippen LogP contribution is 2.12. The Morgan fingerprint density at radius 3 is 2.82 bits per heavy atom. The maximum Gasteiger partial charge on any atom is 0.100 e. The number of nitriles is 1. The van der Waals surface area contributed by atoms with Gasteiger partial charge in [0.05, 0.1) is 5.56 Å². The maximum absolute atomic E-state index is 8.72. The van der Waals surface area contributed by atoms with Gasteiger partial charge < -0.3 is 10.2 Å². The van der Waals surface area contributed by atoms with Crippen molar-refractivity contribution < 1.29 is 0 Å². The van der Waals surface area contributed by atoms with Crippen molar-refractivity contribution >= 4 is 11.3 Å². The van der Waals surface area contributed by atoms with Crippen LogP contribution in [0.2, 0.25) is 0 Å². The standard InChI is InChI=1S/C13H21N3S/c1-3-6-16(4-2)7-5-15-10-13-8-12(9-14)11-17-13/h8,11,15H,3-7,10H2,1-2H3. The van der Waals surface area contributed by atoms with Gasteiger partial charge in [-0.25, -0.2) is 0 Å². The first-order valence-electron chi connectivity index (χ1n) is 6.20. The topological polar surface area (TPSA) is 39.1 Å². The fraction of sp³-hybridized carbons (Fsp3) is 0.615. The molecular formula is C13H21N3S. The molecule has 1 rings (SSSR count). The molecule has 1 aromatic heterocycles. The Labute approximate surface area is 108 Å². The van der Waals surface area contributed by atoms with Crippen LogP contribution in [0.15, 0.2) is 11.4 Å². The van der Waals surface area contributed by atoms with Gasteiger partial charge in [0.2, 0.25) is 0 Å². The second-order valence-electron chi connectivity index (χ2n) is 4.02. The van der Waals surface area contributed by atoms with Crippen LogP contribution in [-0.2, 0) is 6.54 Å². The lowest BCUT2D eigenvalue weighted by molar-refractivity contribution is 0.287. The van der Waals surface area contributed by atoms with Crippen molar-refractivity contribution in [3.8, 4) is 6.07 Å². The molecule has 0 aliphatic carbocycles. The molecule has 0 aliphatic rings. The molecule has 0 unspecified atom stereocenters. The Bertz CT molecular complexity index is 354.